The Balaban J connectivity index is 1.51. The third-order valence-corrected chi connectivity index (χ3v) is 4.30. The summed E-state index contributed by atoms with van der Waals surface area (Å²) in [5.41, 5.74) is 0.505. The van der Waals surface area contributed by atoms with Crippen LogP contribution >= 0.6 is 0 Å². The van der Waals surface area contributed by atoms with Crippen LogP contribution in [0.5, 0.6) is 0 Å². The van der Waals surface area contributed by atoms with Crippen LogP contribution in [0.1, 0.15) is 28.8 Å². The molecule has 3 rings (SSSR count). The van der Waals surface area contributed by atoms with Crippen molar-refractivity contribution in [3.05, 3.63) is 65.2 Å². The van der Waals surface area contributed by atoms with E-state index in [-0.39, 0.29) is 11.5 Å². The molecular weight excluding hydrogens is 370 g/mol. The van der Waals surface area contributed by atoms with E-state index in [1.54, 1.807) is 17.0 Å². The summed E-state index contributed by atoms with van der Waals surface area (Å²) in [6.07, 6.45) is 1.41. The molecule has 2 amide bonds. The number of carbonyl (C=O) groups excluding carboxylic acids is 3. The van der Waals surface area contributed by atoms with Gasteiger partial charge in [0.25, 0.3) is 5.91 Å². The van der Waals surface area contributed by atoms with Crippen molar-refractivity contribution >= 4 is 23.5 Å². The average Bonchev–Trinajstić information content (AvgIpc) is 3.08. The van der Waals surface area contributed by atoms with Gasteiger partial charge in [-0.1, -0.05) is 18.2 Å². The molecule has 28 heavy (non-hydrogen) atoms. The molecule has 0 bridgehead atoms. The van der Waals surface area contributed by atoms with Crippen molar-refractivity contribution in [2.24, 2.45) is 0 Å². The number of nitrogens with one attached hydrogen (secondary N) is 1. The number of rotatable bonds is 6. The van der Waals surface area contributed by atoms with Crippen molar-refractivity contribution in [3.8, 4) is 0 Å². The highest BCUT2D eigenvalue weighted by Crippen LogP contribution is 2.18. The van der Waals surface area contributed by atoms with Crippen LogP contribution in [0.2, 0.25) is 0 Å². The van der Waals surface area contributed by atoms with Crippen molar-refractivity contribution in [2.75, 3.05) is 18.5 Å². The summed E-state index contributed by atoms with van der Waals surface area (Å²) in [4.78, 5) is 37.2. The third kappa shape index (κ3) is 4.70. The van der Waals surface area contributed by atoms with Gasteiger partial charge in [0.1, 0.15) is 17.3 Å². The zero-order valence-corrected chi connectivity index (χ0v) is 14.9. The fourth-order valence-electron chi connectivity index (χ4n) is 2.84. The van der Waals surface area contributed by atoms with Crippen molar-refractivity contribution < 1.29 is 27.9 Å². The second-order valence-electron chi connectivity index (χ2n) is 6.34. The van der Waals surface area contributed by atoms with Gasteiger partial charge < -0.3 is 15.0 Å². The van der Waals surface area contributed by atoms with Crippen LogP contribution < -0.4 is 5.32 Å². The summed E-state index contributed by atoms with van der Waals surface area (Å²) in [6, 6.07) is 9.65. The number of benzene rings is 2. The molecule has 1 saturated heterocycles. The van der Waals surface area contributed by atoms with Gasteiger partial charge >= 0.3 is 5.97 Å². The molecule has 0 unspecified atom stereocenters. The number of para-hydroxylation sites is 1. The zero-order valence-electron chi connectivity index (χ0n) is 14.9. The molecule has 1 aliphatic rings. The van der Waals surface area contributed by atoms with Gasteiger partial charge in [0, 0.05) is 19.5 Å². The van der Waals surface area contributed by atoms with Crippen LogP contribution in [0.4, 0.5) is 14.5 Å². The number of ether oxygens (including phenoxy) is 1. The lowest BCUT2D eigenvalue weighted by atomic mass is 10.1. The highest BCUT2D eigenvalue weighted by atomic mass is 19.1. The standard InChI is InChI=1S/C20H18F2N2O4/c21-15-3-1-4-16(22)19(15)23-17(25)12-28-20(27)14-8-6-13(7-9-14)11-24-10-2-5-18(24)26/h1,3-4,6-9H,2,5,10-12H2,(H,23,25). The van der Waals surface area contributed by atoms with Crippen LogP contribution in [-0.4, -0.2) is 35.8 Å². The molecule has 0 spiro atoms. The first-order valence-corrected chi connectivity index (χ1v) is 8.72. The maximum Gasteiger partial charge on any atom is 0.338 e. The molecule has 8 heteroatoms. The van der Waals surface area contributed by atoms with E-state index in [0.717, 1.165) is 30.7 Å². The van der Waals surface area contributed by atoms with Gasteiger partial charge in [-0.05, 0) is 36.2 Å². The van der Waals surface area contributed by atoms with Gasteiger partial charge in [-0.25, -0.2) is 13.6 Å². The van der Waals surface area contributed by atoms with Crippen molar-refractivity contribution in [1.82, 2.24) is 4.90 Å². The Morgan fingerprint density at radius 3 is 2.36 bits per heavy atom. The molecule has 0 saturated carbocycles. The Hall–Kier alpha value is -3.29. The molecule has 1 fully saturated rings. The lowest BCUT2D eigenvalue weighted by Crippen LogP contribution is -2.24. The maximum absolute atomic E-state index is 13.5. The van der Waals surface area contributed by atoms with Gasteiger partial charge in [0.2, 0.25) is 5.91 Å². The Morgan fingerprint density at radius 2 is 1.75 bits per heavy atom. The average molecular weight is 388 g/mol. The molecule has 0 atom stereocenters. The van der Waals surface area contributed by atoms with Gasteiger partial charge in [-0.15, -0.1) is 0 Å². The lowest BCUT2D eigenvalue weighted by Gasteiger charge is -2.15. The summed E-state index contributed by atoms with van der Waals surface area (Å²) in [5.74, 6) is -3.34. The number of anilines is 1. The third-order valence-electron chi connectivity index (χ3n) is 4.30. The molecule has 1 heterocycles. The highest BCUT2D eigenvalue weighted by molar-refractivity contribution is 5.95. The predicted molar refractivity (Wildman–Crippen MR) is 96.4 cm³/mol. The monoisotopic (exact) mass is 388 g/mol. The van der Waals surface area contributed by atoms with Gasteiger partial charge in [-0.3, -0.25) is 9.59 Å². The summed E-state index contributed by atoms with van der Waals surface area (Å²) in [7, 11) is 0. The molecule has 2 aromatic carbocycles. The number of likely N-dealkylation sites (tertiary alicyclic amines) is 1. The van der Waals surface area contributed by atoms with Crippen molar-refractivity contribution in [1.29, 1.82) is 0 Å². The molecule has 146 valence electrons. The van der Waals surface area contributed by atoms with Gasteiger partial charge in [0.05, 0.1) is 5.56 Å². The van der Waals surface area contributed by atoms with E-state index in [4.69, 9.17) is 4.74 Å². The summed E-state index contributed by atoms with van der Waals surface area (Å²) >= 11 is 0. The fourth-order valence-corrected chi connectivity index (χ4v) is 2.84. The topological polar surface area (TPSA) is 75.7 Å². The van der Waals surface area contributed by atoms with Gasteiger partial charge in [-0.2, -0.15) is 0 Å². The van der Waals surface area contributed by atoms with Crippen molar-refractivity contribution in [3.63, 3.8) is 0 Å². The largest absolute Gasteiger partial charge is 0.452 e. The van der Waals surface area contributed by atoms with E-state index in [1.807, 2.05) is 5.32 Å². The molecule has 1 aliphatic heterocycles. The maximum atomic E-state index is 13.5. The molecule has 0 aromatic heterocycles. The first-order chi connectivity index (χ1) is 13.4. The van der Waals surface area contributed by atoms with Crippen LogP contribution in [0.3, 0.4) is 0 Å². The van der Waals surface area contributed by atoms with E-state index >= 15 is 0 Å². The number of hydrogen-bond acceptors (Lipinski definition) is 4. The van der Waals surface area contributed by atoms with E-state index in [2.05, 4.69) is 0 Å². The summed E-state index contributed by atoms with van der Waals surface area (Å²) in [5, 5.41) is 2.04. The minimum atomic E-state index is -0.924. The summed E-state index contributed by atoms with van der Waals surface area (Å²) < 4.78 is 31.9. The Kier molecular flexibility index (Phi) is 5.98. The van der Waals surface area contributed by atoms with E-state index in [0.29, 0.717) is 13.0 Å². The van der Waals surface area contributed by atoms with E-state index < -0.39 is 35.8 Å². The van der Waals surface area contributed by atoms with Gasteiger partial charge in [0.15, 0.2) is 6.61 Å². The number of esters is 1. The number of halogens is 2. The lowest BCUT2D eigenvalue weighted by molar-refractivity contribution is -0.128. The molecule has 0 aliphatic carbocycles. The van der Waals surface area contributed by atoms with Crippen molar-refractivity contribution in [2.45, 2.75) is 19.4 Å². The number of hydrogen-bond donors (Lipinski definition) is 1. The number of carbonyl (C=O) groups is 3. The van der Waals surface area contributed by atoms with Crippen LogP contribution in [0.25, 0.3) is 0 Å². The SMILES string of the molecule is O=C(COC(=O)c1ccc(CN2CCCC2=O)cc1)Nc1c(F)cccc1F. The smallest absolute Gasteiger partial charge is 0.338 e. The summed E-state index contributed by atoms with van der Waals surface area (Å²) in [6.45, 7) is 0.516. The van der Waals surface area contributed by atoms with Crippen LogP contribution in [0.15, 0.2) is 42.5 Å². The Labute approximate surface area is 160 Å². The second-order valence-corrected chi connectivity index (χ2v) is 6.34. The molecular formula is C20H18F2N2O4. The minimum absolute atomic E-state index is 0.112. The normalized spacial score (nSPS) is 13.5. The highest BCUT2D eigenvalue weighted by Gasteiger charge is 2.20. The van der Waals surface area contributed by atoms with Crippen LogP contribution in [-0.2, 0) is 20.9 Å². The minimum Gasteiger partial charge on any atom is -0.452 e. The molecule has 1 N–H and O–H groups in total. The number of amides is 2. The first kappa shape index (κ1) is 19.5. The Morgan fingerprint density at radius 1 is 1.07 bits per heavy atom. The molecule has 2 aromatic rings. The molecule has 0 radical (unpaired) electrons. The molecule has 6 nitrogen and oxygen atoms in total. The Bertz CT molecular complexity index is 879. The predicted octanol–water partition coefficient (Wildman–Crippen LogP) is 2.88. The zero-order chi connectivity index (χ0) is 20.1. The van der Waals surface area contributed by atoms with E-state index in [1.165, 1.54) is 18.2 Å². The van der Waals surface area contributed by atoms with E-state index in [9.17, 15) is 23.2 Å². The quantitative estimate of drug-likeness (QED) is 0.772. The number of nitrogens with zero attached hydrogens (tertiary/aromatic N) is 1. The second kappa shape index (κ2) is 8.60. The fraction of sp³-hybridized carbons (Fsp3) is 0.250. The first-order valence-electron chi connectivity index (χ1n) is 8.72. The van der Waals surface area contributed by atoms with Crippen LogP contribution in [0, 0.1) is 11.6 Å².